The Morgan fingerprint density at radius 3 is 2.00 bits per heavy atom. The van der Waals surface area contributed by atoms with Crippen molar-refractivity contribution >= 4 is 35.8 Å². The van der Waals surface area contributed by atoms with Gasteiger partial charge in [-0.25, -0.2) is 19.3 Å². The Bertz CT molecular complexity index is 2300. The molecule has 1 heterocycles. The number of esters is 3. The van der Waals surface area contributed by atoms with E-state index in [1.807, 2.05) is 0 Å². The lowest BCUT2D eigenvalue weighted by Gasteiger charge is -2.65. The number of ketones is 1. The maximum atomic E-state index is 15.5. The maximum absolute atomic E-state index is 15.5. The fourth-order valence-corrected chi connectivity index (χ4v) is 9.68. The molecule has 3 aromatic rings. The summed E-state index contributed by atoms with van der Waals surface area (Å²) in [6, 6.07) is 22.6. The Kier molecular flexibility index (Phi) is 12.1. The standard InChI is InChI=1S/C46H49NO16/c1-24-29(59-41(54)34(50)33(26-16-10-7-11-17-26)47-39(52)27-18-12-8-13-19-27)23-45(56)38(60-40(53)28-20-14-9-15-21-28)36-44(5,37(51)35(58-25(2)48)32(24)43(45,3)4)30(49)22-31-46(36,63-62-31)61-42(55)57-6/h7-21,29-31,33-36,38,49-50,56H,22-23H2,1-6H3,(H,47,52)/t29-,30-,31+,33-,34+,35+,36-,38-,44+,45+,46+/m0/s1. The number of carbonyl (C=O) groups is 6. The first-order valence-corrected chi connectivity index (χ1v) is 20.3. The number of amides is 1. The van der Waals surface area contributed by atoms with E-state index in [4.69, 9.17) is 33.5 Å². The second-order valence-electron chi connectivity index (χ2n) is 17.0. The summed E-state index contributed by atoms with van der Waals surface area (Å²) in [6.45, 7) is 6.83. The predicted molar refractivity (Wildman–Crippen MR) is 216 cm³/mol. The molecule has 2 saturated carbocycles. The van der Waals surface area contributed by atoms with Gasteiger partial charge < -0.3 is 44.3 Å². The lowest BCUT2D eigenvalue weighted by atomic mass is 9.46. The fraction of sp³-hybridized carbons (Fsp3) is 0.435. The summed E-state index contributed by atoms with van der Waals surface area (Å²) in [6.07, 6.45) is -12.9. The summed E-state index contributed by atoms with van der Waals surface area (Å²) >= 11 is 0. The molecule has 1 aliphatic heterocycles. The number of benzene rings is 3. The second kappa shape index (κ2) is 17.0. The Labute approximate surface area is 362 Å². The number of fused-ring (bicyclic) bond motifs is 5. The van der Waals surface area contributed by atoms with Gasteiger partial charge in [-0.15, -0.1) is 0 Å². The van der Waals surface area contributed by atoms with Crippen molar-refractivity contribution in [2.75, 3.05) is 7.11 Å². The van der Waals surface area contributed by atoms with Gasteiger partial charge in [-0.2, -0.15) is 4.89 Å². The van der Waals surface area contributed by atoms with Crippen LogP contribution in [0.5, 0.6) is 0 Å². The van der Waals surface area contributed by atoms with Crippen molar-refractivity contribution in [2.24, 2.45) is 16.7 Å². The lowest BCUT2D eigenvalue weighted by molar-refractivity contribution is -0.595. The Morgan fingerprint density at radius 2 is 1.44 bits per heavy atom. The molecule has 1 amide bonds. The molecule has 3 fully saturated rings. The van der Waals surface area contributed by atoms with Crippen molar-refractivity contribution in [1.82, 2.24) is 5.32 Å². The van der Waals surface area contributed by atoms with Gasteiger partial charge in [0.05, 0.1) is 36.2 Å². The number of hydrogen-bond donors (Lipinski definition) is 4. The highest BCUT2D eigenvalue weighted by molar-refractivity contribution is 5.96. The lowest BCUT2D eigenvalue weighted by Crippen LogP contribution is -2.81. The molecular formula is C46H49NO16. The zero-order chi connectivity index (χ0) is 45.6. The molecule has 0 unspecified atom stereocenters. The molecule has 3 aromatic carbocycles. The van der Waals surface area contributed by atoms with Gasteiger partial charge in [0.2, 0.25) is 0 Å². The minimum Gasteiger partial charge on any atom is -0.456 e. The molecule has 17 heteroatoms. The Balaban J connectivity index is 1.39. The minimum atomic E-state index is -2.51. The molecule has 0 spiro atoms. The highest BCUT2D eigenvalue weighted by Crippen LogP contribution is 2.65. The number of hydrogen-bond acceptors (Lipinski definition) is 16. The van der Waals surface area contributed by atoms with Gasteiger partial charge in [0.25, 0.3) is 11.7 Å². The van der Waals surface area contributed by atoms with Gasteiger partial charge >= 0.3 is 24.1 Å². The van der Waals surface area contributed by atoms with Crippen LogP contribution < -0.4 is 5.32 Å². The highest BCUT2D eigenvalue weighted by atomic mass is 17.3. The van der Waals surface area contributed by atoms with Crippen molar-refractivity contribution in [3.05, 3.63) is 119 Å². The van der Waals surface area contributed by atoms with Crippen LogP contribution in [0, 0.1) is 16.7 Å². The van der Waals surface area contributed by atoms with Gasteiger partial charge in [-0.05, 0) is 54.8 Å². The van der Waals surface area contributed by atoms with Crippen LogP contribution in [0.15, 0.2) is 102 Å². The number of aliphatic hydroxyl groups excluding tert-OH is 2. The number of nitrogens with one attached hydrogen (secondary N) is 1. The zero-order valence-electron chi connectivity index (χ0n) is 35.3. The van der Waals surface area contributed by atoms with E-state index in [2.05, 4.69) is 5.32 Å². The Morgan fingerprint density at radius 1 is 0.857 bits per heavy atom. The number of methoxy groups -OCH3 is 1. The number of carbonyl (C=O) groups excluding carboxylic acids is 6. The van der Waals surface area contributed by atoms with E-state index in [0.717, 1.165) is 14.0 Å². The fourth-order valence-electron chi connectivity index (χ4n) is 9.68. The topological polar surface area (TPSA) is 240 Å². The first kappa shape index (κ1) is 45.1. The Hall–Kier alpha value is -5.98. The van der Waals surface area contributed by atoms with Crippen molar-refractivity contribution in [2.45, 2.75) is 102 Å². The van der Waals surface area contributed by atoms with Crippen LogP contribution in [0.4, 0.5) is 4.79 Å². The summed E-state index contributed by atoms with van der Waals surface area (Å²) in [5, 5.41) is 40.2. The van der Waals surface area contributed by atoms with Crippen LogP contribution in [-0.4, -0.2) is 106 Å². The summed E-state index contributed by atoms with van der Waals surface area (Å²) in [4.78, 5) is 94.5. The van der Waals surface area contributed by atoms with Gasteiger partial charge in [-0.3, -0.25) is 14.4 Å². The SMILES string of the molecule is COC(=O)O[C@@]12OO[C@@H]1C[C@H](O)[C@@]1(C)C(=O)[C@H](OC(C)=O)C3=C(C)[C@@H](OC(=O)[C@H](O)[C@@H](NC(=O)c4ccccc4)c4ccccc4)C[C@@](O)([C@@H](OC(=O)c4ccccc4)[C@H]21)C3(C)C. The van der Waals surface area contributed by atoms with E-state index in [0.29, 0.717) is 5.56 Å². The van der Waals surface area contributed by atoms with E-state index in [-0.39, 0.29) is 28.7 Å². The normalized spacial score (nSPS) is 31.5. The summed E-state index contributed by atoms with van der Waals surface area (Å²) in [5.74, 6) is -9.06. The molecule has 17 nitrogen and oxygen atoms in total. The molecule has 0 aromatic heterocycles. The van der Waals surface area contributed by atoms with Gasteiger partial charge in [0, 0.05) is 30.7 Å². The van der Waals surface area contributed by atoms with Gasteiger partial charge in [-0.1, -0.05) is 80.6 Å². The first-order chi connectivity index (χ1) is 29.8. The van der Waals surface area contributed by atoms with Crippen molar-refractivity contribution in [1.29, 1.82) is 0 Å². The van der Waals surface area contributed by atoms with Crippen molar-refractivity contribution in [3.8, 4) is 0 Å². The van der Waals surface area contributed by atoms with Crippen molar-refractivity contribution in [3.63, 3.8) is 0 Å². The first-order valence-electron chi connectivity index (χ1n) is 20.3. The van der Waals surface area contributed by atoms with E-state index >= 15 is 4.79 Å². The molecule has 7 rings (SSSR count). The second-order valence-corrected chi connectivity index (χ2v) is 17.0. The zero-order valence-corrected chi connectivity index (χ0v) is 35.3. The quantitative estimate of drug-likeness (QED) is 0.0980. The number of ether oxygens (including phenoxy) is 5. The third-order valence-corrected chi connectivity index (χ3v) is 13.2. The number of Topliss-reactive ketones (excluding diaryl/α,β-unsaturated/α-hetero) is 1. The van der Waals surface area contributed by atoms with Crippen LogP contribution in [-0.2, 0) is 47.8 Å². The largest absolute Gasteiger partial charge is 0.510 e. The van der Waals surface area contributed by atoms with E-state index < -0.39 is 113 Å². The van der Waals surface area contributed by atoms with Crippen molar-refractivity contribution < 1.29 is 77.5 Å². The van der Waals surface area contributed by atoms with Gasteiger partial charge in [0.1, 0.15) is 17.8 Å². The molecule has 11 atom stereocenters. The average Bonchev–Trinajstić information content (AvgIpc) is 3.26. The highest BCUT2D eigenvalue weighted by Gasteiger charge is 2.80. The number of rotatable bonds is 10. The average molecular weight is 872 g/mol. The summed E-state index contributed by atoms with van der Waals surface area (Å²) in [5.41, 5.74) is -5.86. The molecule has 4 N–H and O–H groups in total. The smallest absolute Gasteiger partial charge is 0.456 e. The summed E-state index contributed by atoms with van der Waals surface area (Å²) < 4.78 is 28.8. The van der Waals surface area contributed by atoms with E-state index in [9.17, 15) is 39.3 Å². The van der Waals surface area contributed by atoms with Crippen LogP contribution >= 0.6 is 0 Å². The molecule has 1 saturated heterocycles. The molecular weight excluding hydrogens is 822 g/mol. The monoisotopic (exact) mass is 871 g/mol. The third kappa shape index (κ3) is 7.56. The molecule has 4 aliphatic rings. The van der Waals surface area contributed by atoms with E-state index in [1.165, 1.54) is 39.8 Å². The van der Waals surface area contributed by atoms with Crippen LogP contribution in [0.2, 0.25) is 0 Å². The minimum absolute atomic E-state index is 0.00626. The van der Waals surface area contributed by atoms with Crippen LogP contribution in [0.3, 0.4) is 0 Å². The molecule has 3 aliphatic carbocycles. The molecule has 0 radical (unpaired) electrons. The maximum Gasteiger partial charge on any atom is 0.510 e. The van der Waals surface area contributed by atoms with Crippen LogP contribution in [0.1, 0.15) is 79.8 Å². The van der Waals surface area contributed by atoms with Gasteiger partial charge in [0.15, 0.2) is 24.1 Å². The predicted octanol–water partition coefficient (Wildman–Crippen LogP) is 3.84. The molecule has 334 valence electrons. The van der Waals surface area contributed by atoms with E-state index in [1.54, 1.807) is 78.9 Å². The molecule has 2 bridgehead atoms. The van der Waals surface area contributed by atoms with Crippen LogP contribution in [0.25, 0.3) is 0 Å². The summed E-state index contributed by atoms with van der Waals surface area (Å²) in [7, 11) is 1.01. The third-order valence-electron chi connectivity index (χ3n) is 13.2. The number of aliphatic hydroxyl groups is 3. The molecule has 63 heavy (non-hydrogen) atoms.